The van der Waals surface area contributed by atoms with Crippen molar-refractivity contribution in [1.82, 2.24) is 0 Å². The summed E-state index contributed by atoms with van der Waals surface area (Å²) in [5.41, 5.74) is 7.71. The predicted octanol–water partition coefficient (Wildman–Crippen LogP) is 2.78. The number of anilines is 2. The molecule has 0 radical (unpaired) electrons. The molecular weight excluding hydrogens is 191 g/mol. The van der Waals surface area contributed by atoms with Gasteiger partial charge in [-0.1, -0.05) is 6.92 Å². The maximum Gasteiger partial charge on any atom is 0.128 e. The van der Waals surface area contributed by atoms with Crippen LogP contribution in [-0.4, -0.2) is 6.54 Å². The number of halogens is 1. The van der Waals surface area contributed by atoms with E-state index >= 15 is 0 Å². The summed E-state index contributed by atoms with van der Waals surface area (Å²) in [7, 11) is 0. The Morgan fingerprint density at radius 1 is 1.53 bits per heavy atom. The molecule has 2 rings (SSSR count). The molecule has 3 N–H and O–H groups in total. The molecule has 2 unspecified atom stereocenters. The number of hydrogen-bond donors (Lipinski definition) is 2. The van der Waals surface area contributed by atoms with Crippen LogP contribution in [0.4, 0.5) is 15.8 Å². The number of rotatable bonds is 3. The van der Waals surface area contributed by atoms with Crippen molar-refractivity contribution in [2.45, 2.75) is 20.3 Å². The summed E-state index contributed by atoms with van der Waals surface area (Å²) in [5.74, 6) is 1.34. The van der Waals surface area contributed by atoms with Gasteiger partial charge in [-0.3, -0.25) is 0 Å². The highest BCUT2D eigenvalue weighted by Crippen LogP contribution is 2.38. The minimum absolute atomic E-state index is 0.238. The van der Waals surface area contributed by atoms with E-state index in [9.17, 15) is 4.39 Å². The van der Waals surface area contributed by atoms with Crippen molar-refractivity contribution >= 4 is 11.4 Å². The maximum atomic E-state index is 13.1. The van der Waals surface area contributed by atoms with E-state index in [1.54, 1.807) is 13.0 Å². The second kappa shape index (κ2) is 3.72. The van der Waals surface area contributed by atoms with Crippen molar-refractivity contribution in [3.63, 3.8) is 0 Å². The van der Waals surface area contributed by atoms with Crippen LogP contribution in [0, 0.1) is 24.6 Å². The van der Waals surface area contributed by atoms with Crippen molar-refractivity contribution in [3.8, 4) is 0 Å². The first-order valence-electron chi connectivity index (χ1n) is 5.37. The quantitative estimate of drug-likeness (QED) is 0.749. The molecule has 0 amide bonds. The summed E-state index contributed by atoms with van der Waals surface area (Å²) in [5, 5.41) is 3.28. The Bertz CT molecular complexity index is 376. The Balaban J connectivity index is 2.04. The molecule has 1 saturated carbocycles. The highest BCUT2D eigenvalue weighted by Gasteiger charge is 2.31. The predicted molar refractivity (Wildman–Crippen MR) is 61.3 cm³/mol. The Morgan fingerprint density at radius 3 is 2.80 bits per heavy atom. The summed E-state index contributed by atoms with van der Waals surface area (Å²) in [6, 6.07) is 3.16. The van der Waals surface area contributed by atoms with Crippen molar-refractivity contribution in [1.29, 1.82) is 0 Å². The van der Waals surface area contributed by atoms with Crippen LogP contribution in [-0.2, 0) is 0 Å². The van der Waals surface area contributed by atoms with Gasteiger partial charge in [-0.05, 0) is 42.9 Å². The molecule has 0 bridgehead atoms. The van der Waals surface area contributed by atoms with Gasteiger partial charge in [0.2, 0.25) is 0 Å². The molecule has 0 heterocycles. The Kier molecular flexibility index (Phi) is 2.55. The van der Waals surface area contributed by atoms with Crippen LogP contribution >= 0.6 is 0 Å². The maximum absolute atomic E-state index is 13.1. The van der Waals surface area contributed by atoms with Gasteiger partial charge in [-0.15, -0.1) is 0 Å². The fourth-order valence-corrected chi connectivity index (χ4v) is 1.77. The zero-order valence-electron chi connectivity index (χ0n) is 9.18. The molecule has 2 atom stereocenters. The van der Waals surface area contributed by atoms with Crippen molar-refractivity contribution in [2.75, 3.05) is 17.6 Å². The van der Waals surface area contributed by atoms with E-state index in [1.807, 2.05) is 0 Å². The second-order valence-electron chi connectivity index (χ2n) is 4.54. The number of benzene rings is 1. The van der Waals surface area contributed by atoms with E-state index in [-0.39, 0.29) is 5.82 Å². The highest BCUT2D eigenvalue weighted by atomic mass is 19.1. The van der Waals surface area contributed by atoms with Gasteiger partial charge in [0.15, 0.2) is 0 Å². The molecule has 1 aliphatic rings. The largest absolute Gasteiger partial charge is 0.397 e. The molecule has 0 aromatic heterocycles. The molecule has 1 aliphatic carbocycles. The van der Waals surface area contributed by atoms with E-state index in [2.05, 4.69) is 12.2 Å². The number of nitrogens with one attached hydrogen (secondary N) is 1. The lowest BCUT2D eigenvalue weighted by molar-refractivity contribution is 0.619. The third-order valence-corrected chi connectivity index (χ3v) is 3.16. The second-order valence-corrected chi connectivity index (χ2v) is 4.54. The third-order valence-electron chi connectivity index (χ3n) is 3.16. The molecule has 1 fully saturated rings. The van der Waals surface area contributed by atoms with Gasteiger partial charge >= 0.3 is 0 Å². The van der Waals surface area contributed by atoms with Gasteiger partial charge < -0.3 is 11.1 Å². The molecule has 1 aromatic carbocycles. The number of hydrogen-bond acceptors (Lipinski definition) is 2. The van der Waals surface area contributed by atoms with Crippen molar-refractivity contribution < 1.29 is 4.39 Å². The van der Waals surface area contributed by atoms with Crippen LogP contribution in [0.1, 0.15) is 18.9 Å². The van der Waals surface area contributed by atoms with Gasteiger partial charge in [0.05, 0.1) is 11.4 Å². The van der Waals surface area contributed by atoms with Crippen molar-refractivity contribution in [3.05, 3.63) is 23.5 Å². The summed E-state index contributed by atoms with van der Waals surface area (Å²) in [4.78, 5) is 0. The monoisotopic (exact) mass is 208 g/mol. The first-order chi connectivity index (χ1) is 7.08. The number of nitrogens with two attached hydrogens (primary N) is 1. The average molecular weight is 208 g/mol. The minimum Gasteiger partial charge on any atom is -0.397 e. The van der Waals surface area contributed by atoms with Gasteiger partial charge in [0.25, 0.3) is 0 Å². The molecule has 15 heavy (non-hydrogen) atoms. The molecule has 3 heteroatoms. The lowest BCUT2D eigenvalue weighted by Crippen LogP contribution is -2.07. The Labute approximate surface area is 89.7 Å². The Hall–Kier alpha value is -1.25. The fourth-order valence-electron chi connectivity index (χ4n) is 1.77. The van der Waals surface area contributed by atoms with Crippen LogP contribution < -0.4 is 11.1 Å². The molecule has 1 aromatic rings. The van der Waals surface area contributed by atoms with Crippen LogP contribution in [0.3, 0.4) is 0 Å². The smallest absolute Gasteiger partial charge is 0.128 e. The van der Waals surface area contributed by atoms with Crippen molar-refractivity contribution in [2.24, 2.45) is 11.8 Å². The highest BCUT2D eigenvalue weighted by molar-refractivity contribution is 5.67. The summed E-state index contributed by atoms with van der Waals surface area (Å²) in [6.07, 6.45) is 1.28. The first-order valence-corrected chi connectivity index (χ1v) is 5.37. The van der Waals surface area contributed by atoms with Crippen LogP contribution in [0.25, 0.3) is 0 Å². The standard InChI is InChI=1S/C12H17FN2/c1-7-3-9(7)6-15-12-4-8(2)10(13)5-11(12)14/h4-5,7,9,15H,3,6,14H2,1-2H3. The molecule has 82 valence electrons. The molecule has 0 saturated heterocycles. The zero-order valence-corrected chi connectivity index (χ0v) is 9.18. The van der Waals surface area contributed by atoms with E-state index < -0.39 is 0 Å². The van der Waals surface area contributed by atoms with E-state index in [0.717, 1.165) is 24.1 Å². The van der Waals surface area contributed by atoms with Gasteiger partial charge in [-0.25, -0.2) is 4.39 Å². The van der Waals surface area contributed by atoms with E-state index in [1.165, 1.54) is 12.5 Å². The third kappa shape index (κ3) is 2.22. The SMILES string of the molecule is Cc1cc(NCC2CC2C)c(N)cc1F. The molecule has 0 spiro atoms. The van der Waals surface area contributed by atoms with Crippen LogP contribution in [0.5, 0.6) is 0 Å². The van der Waals surface area contributed by atoms with Gasteiger partial charge in [0, 0.05) is 6.54 Å². The fraction of sp³-hybridized carbons (Fsp3) is 0.500. The van der Waals surface area contributed by atoms with E-state index in [4.69, 9.17) is 5.73 Å². The summed E-state index contributed by atoms with van der Waals surface area (Å²) < 4.78 is 13.1. The normalized spacial score (nSPS) is 23.9. The molecule has 2 nitrogen and oxygen atoms in total. The van der Waals surface area contributed by atoms with Gasteiger partial charge in [0.1, 0.15) is 5.82 Å². The Morgan fingerprint density at radius 2 is 2.20 bits per heavy atom. The topological polar surface area (TPSA) is 38.0 Å². The zero-order chi connectivity index (χ0) is 11.0. The summed E-state index contributed by atoms with van der Waals surface area (Å²) in [6.45, 7) is 4.93. The minimum atomic E-state index is -0.238. The van der Waals surface area contributed by atoms with Crippen LogP contribution in [0.2, 0.25) is 0 Å². The van der Waals surface area contributed by atoms with Gasteiger partial charge in [-0.2, -0.15) is 0 Å². The number of aryl methyl sites for hydroxylation is 1. The molecule has 0 aliphatic heterocycles. The lowest BCUT2D eigenvalue weighted by Gasteiger charge is -2.10. The lowest BCUT2D eigenvalue weighted by atomic mass is 10.1. The first kappa shape index (κ1) is 10.3. The van der Waals surface area contributed by atoms with Crippen LogP contribution in [0.15, 0.2) is 12.1 Å². The summed E-state index contributed by atoms with van der Waals surface area (Å²) >= 11 is 0. The number of nitrogen functional groups attached to an aromatic ring is 1. The van der Waals surface area contributed by atoms with E-state index in [0.29, 0.717) is 11.3 Å². The molecular formula is C12H17FN2. The average Bonchev–Trinajstić information content (AvgIpc) is 2.86.